The fourth-order valence-electron chi connectivity index (χ4n) is 4.95. The Balaban J connectivity index is 1.33. The van der Waals surface area contributed by atoms with Gasteiger partial charge in [-0.2, -0.15) is 0 Å². The van der Waals surface area contributed by atoms with Crippen molar-refractivity contribution < 1.29 is 9.90 Å². The number of imidazole rings is 1. The van der Waals surface area contributed by atoms with E-state index in [9.17, 15) is 9.90 Å². The number of likely N-dealkylation sites (tertiary alicyclic amines) is 2. The largest absolute Gasteiger partial charge is 0.396 e. The van der Waals surface area contributed by atoms with Crippen molar-refractivity contribution in [1.29, 1.82) is 0 Å². The van der Waals surface area contributed by atoms with Crippen LogP contribution in [0.1, 0.15) is 36.3 Å². The van der Waals surface area contributed by atoms with Gasteiger partial charge in [-0.25, -0.2) is 4.98 Å². The van der Waals surface area contributed by atoms with E-state index in [0.717, 1.165) is 62.5 Å². The molecule has 1 amide bonds. The van der Waals surface area contributed by atoms with Crippen LogP contribution in [0.2, 0.25) is 0 Å². The van der Waals surface area contributed by atoms with Crippen molar-refractivity contribution in [2.24, 2.45) is 11.3 Å². The van der Waals surface area contributed by atoms with Gasteiger partial charge in [0.1, 0.15) is 5.82 Å². The molecule has 2 N–H and O–H groups in total. The van der Waals surface area contributed by atoms with Crippen LogP contribution in [0.25, 0.3) is 0 Å². The van der Waals surface area contributed by atoms with Gasteiger partial charge < -0.3 is 15.0 Å². The first-order valence-corrected chi connectivity index (χ1v) is 10.6. The third-order valence-corrected chi connectivity index (χ3v) is 6.82. The van der Waals surface area contributed by atoms with Crippen LogP contribution >= 0.6 is 0 Å². The number of carbonyl (C=O) groups is 1. The summed E-state index contributed by atoms with van der Waals surface area (Å²) in [6.45, 7) is 6.49. The predicted molar refractivity (Wildman–Crippen MR) is 110 cm³/mol. The Labute approximate surface area is 172 Å². The van der Waals surface area contributed by atoms with Crippen molar-refractivity contribution in [1.82, 2.24) is 24.8 Å². The lowest BCUT2D eigenvalue weighted by Crippen LogP contribution is -2.54. The van der Waals surface area contributed by atoms with Crippen LogP contribution in [-0.4, -0.2) is 68.6 Å². The summed E-state index contributed by atoms with van der Waals surface area (Å²) in [4.78, 5) is 29.0. The summed E-state index contributed by atoms with van der Waals surface area (Å²) in [5.41, 5.74) is 2.19. The lowest BCUT2D eigenvalue weighted by molar-refractivity contribution is -0.137. The number of hydrogen-bond donors (Lipinski definition) is 2. The fraction of sp³-hybridized carbons (Fsp3) is 0.591. The minimum atomic E-state index is 0.136. The van der Waals surface area contributed by atoms with Crippen molar-refractivity contribution >= 4 is 5.91 Å². The number of aliphatic hydroxyl groups is 1. The smallest absolute Gasteiger partial charge is 0.227 e. The molecule has 1 spiro atoms. The molecule has 7 heteroatoms. The van der Waals surface area contributed by atoms with Crippen LogP contribution in [0.3, 0.4) is 0 Å². The third kappa shape index (κ3) is 4.51. The highest BCUT2D eigenvalue weighted by Gasteiger charge is 2.45. The van der Waals surface area contributed by atoms with Gasteiger partial charge in [0.15, 0.2) is 0 Å². The van der Waals surface area contributed by atoms with Gasteiger partial charge in [0.25, 0.3) is 0 Å². The highest BCUT2D eigenvalue weighted by molar-refractivity contribution is 5.78. The van der Waals surface area contributed by atoms with Crippen LogP contribution < -0.4 is 0 Å². The molecule has 4 rings (SSSR count). The standard InChI is InChI=1S/C22H31N5O2/c1-17-12-24-20(25-17)15-26-8-4-22(5-9-26)6-10-27(14-19(22)16-28)21(29)11-18-3-2-7-23-13-18/h2-3,7,12-13,19,28H,4-6,8-11,14-16H2,1H3,(H,24,25)/t19-/m0/s1. The molecule has 0 aliphatic carbocycles. The molecule has 4 heterocycles. The lowest BCUT2D eigenvalue weighted by atomic mass is 9.64. The summed E-state index contributed by atoms with van der Waals surface area (Å²) in [5.74, 6) is 1.31. The van der Waals surface area contributed by atoms with Gasteiger partial charge in [-0.05, 0) is 56.3 Å². The van der Waals surface area contributed by atoms with E-state index in [2.05, 4.69) is 19.9 Å². The van der Waals surface area contributed by atoms with E-state index >= 15 is 0 Å². The first-order chi connectivity index (χ1) is 14.1. The molecule has 2 aromatic rings. The van der Waals surface area contributed by atoms with E-state index in [1.165, 1.54) is 0 Å². The number of amides is 1. The summed E-state index contributed by atoms with van der Waals surface area (Å²) in [6.07, 6.45) is 8.86. The Morgan fingerprint density at radius 1 is 1.28 bits per heavy atom. The minimum Gasteiger partial charge on any atom is -0.396 e. The van der Waals surface area contributed by atoms with Crippen molar-refractivity contribution in [3.05, 3.63) is 47.8 Å². The maximum atomic E-state index is 12.8. The molecule has 2 aromatic heterocycles. The number of aromatic nitrogens is 3. The van der Waals surface area contributed by atoms with Crippen LogP contribution in [0, 0.1) is 18.3 Å². The summed E-state index contributed by atoms with van der Waals surface area (Å²) < 4.78 is 0. The quantitative estimate of drug-likeness (QED) is 0.803. The first kappa shape index (κ1) is 20.0. The molecular formula is C22H31N5O2. The summed E-state index contributed by atoms with van der Waals surface area (Å²) in [5, 5.41) is 10.1. The summed E-state index contributed by atoms with van der Waals surface area (Å²) in [7, 11) is 0. The SMILES string of the molecule is Cc1cnc(CN2CCC3(CC2)CCN(C(=O)Cc2cccnc2)C[C@H]3CO)[nH]1. The highest BCUT2D eigenvalue weighted by Crippen LogP contribution is 2.45. The predicted octanol–water partition coefficient (Wildman–Crippen LogP) is 1.78. The molecule has 0 aromatic carbocycles. The monoisotopic (exact) mass is 397 g/mol. The third-order valence-electron chi connectivity index (χ3n) is 6.82. The van der Waals surface area contributed by atoms with Crippen LogP contribution in [0.15, 0.2) is 30.7 Å². The van der Waals surface area contributed by atoms with E-state index in [0.29, 0.717) is 13.0 Å². The van der Waals surface area contributed by atoms with Crippen molar-refractivity contribution in [3.8, 4) is 0 Å². The molecule has 2 fully saturated rings. The molecule has 2 saturated heterocycles. The van der Waals surface area contributed by atoms with Gasteiger partial charge in [-0.15, -0.1) is 0 Å². The molecular weight excluding hydrogens is 366 g/mol. The number of aryl methyl sites for hydroxylation is 1. The van der Waals surface area contributed by atoms with Crippen molar-refractivity contribution in [3.63, 3.8) is 0 Å². The highest BCUT2D eigenvalue weighted by atomic mass is 16.3. The maximum absolute atomic E-state index is 12.8. The normalized spacial score (nSPS) is 22.1. The Bertz CT molecular complexity index is 814. The average Bonchev–Trinajstić information content (AvgIpc) is 3.15. The van der Waals surface area contributed by atoms with Gasteiger partial charge in [-0.1, -0.05) is 6.07 Å². The fourth-order valence-corrected chi connectivity index (χ4v) is 4.95. The average molecular weight is 398 g/mol. The molecule has 1 atom stereocenters. The van der Waals surface area contributed by atoms with Gasteiger partial charge in [0.05, 0.1) is 13.0 Å². The number of hydrogen-bond acceptors (Lipinski definition) is 5. The van der Waals surface area contributed by atoms with E-state index in [4.69, 9.17) is 0 Å². The van der Waals surface area contributed by atoms with E-state index in [-0.39, 0.29) is 23.8 Å². The minimum absolute atomic E-state index is 0.136. The molecule has 156 valence electrons. The lowest BCUT2D eigenvalue weighted by Gasteiger charge is -2.51. The molecule has 29 heavy (non-hydrogen) atoms. The molecule has 0 bridgehead atoms. The zero-order valence-electron chi connectivity index (χ0n) is 17.2. The number of nitrogens with zero attached hydrogens (tertiary/aromatic N) is 4. The zero-order valence-corrected chi connectivity index (χ0v) is 17.2. The molecule has 0 radical (unpaired) electrons. The molecule has 0 unspecified atom stereocenters. The Hall–Kier alpha value is -2.25. The van der Waals surface area contributed by atoms with E-state index < -0.39 is 0 Å². The molecule has 7 nitrogen and oxygen atoms in total. The van der Waals surface area contributed by atoms with Gasteiger partial charge in [0.2, 0.25) is 5.91 Å². The Morgan fingerprint density at radius 2 is 2.07 bits per heavy atom. The number of nitrogens with one attached hydrogen (secondary N) is 1. The number of piperidine rings is 2. The van der Waals surface area contributed by atoms with Crippen molar-refractivity contribution in [2.75, 3.05) is 32.8 Å². The molecule has 0 saturated carbocycles. The van der Waals surface area contributed by atoms with Gasteiger partial charge in [0, 0.05) is 49.9 Å². The van der Waals surface area contributed by atoms with Crippen molar-refractivity contribution in [2.45, 2.75) is 39.2 Å². The van der Waals surface area contributed by atoms with Crippen LogP contribution in [-0.2, 0) is 17.8 Å². The van der Waals surface area contributed by atoms with Gasteiger partial charge >= 0.3 is 0 Å². The topological polar surface area (TPSA) is 85.3 Å². The number of pyridine rings is 1. The number of H-pyrrole nitrogens is 1. The second-order valence-electron chi connectivity index (χ2n) is 8.66. The van der Waals surface area contributed by atoms with Crippen LogP contribution in [0.5, 0.6) is 0 Å². The second kappa shape index (κ2) is 8.63. The second-order valence-corrected chi connectivity index (χ2v) is 8.66. The van der Waals surface area contributed by atoms with Gasteiger partial charge in [-0.3, -0.25) is 14.7 Å². The molecule has 2 aliphatic rings. The Kier molecular flexibility index (Phi) is 5.96. The van der Waals surface area contributed by atoms with Crippen LogP contribution in [0.4, 0.5) is 0 Å². The summed E-state index contributed by atoms with van der Waals surface area (Å²) >= 11 is 0. The van der Waals surface area contributed by atoms with E-state index in [1.807, 2.05) is 30.2 Å². The Morgan fingerprint density at radius 3 is 2.72 bits per heavy atom. The number of aliphatic hydroxyl groups excluding tert-OH is 1. The first-order valence-electron chi connectivity index (χ1n) is 10.6. The molecule has 2 aliphatic heterocycles. The number of aromatic amines is 1. The maximum Gasteiger partial charge on any atom is 0.227 e. The summed E-state index contributed by atoms with van der Waals surface area (Å²) in [6, 6.07) is 3.80. The number of carbonyl (C=O) groups excluding carboxylic acids is 1. The zero-order chi connectivity index (χ0) is 20.3. The van der Waals surface area contributed by atoms with E-state index in [1.54, 1.807) is 12.4 Å². The number of rotatable bonds is 5.